The summed E-state index contributed by atoms with van der Waals surface area (Å²) >= 11 is 3.78. The minimum atomic E-state index is -4.32. The zero-order valence-corrected chi connectivity index (χ0v) is 13.2. The highest BCUT2D eigenvalue weighted by Crippen LogP contribution is 2.31. The first kappa shape index (κ1) is 15.7. The molecule has 0 spiro atoms. The Balaban J connectivity index is 2.20. The summed E-state index contributed by atoms with van der Waals surface area (Å²) in [5.74, 6) is 5.52. The van der Waals surface area contributed by atoms with Crippen LogP contribution in [0, 0.1) is 2.88 Å². The molecule has 20 heavy (non-hydrogen) atoms. The lowest BCUT2D eigenvalue weighted by atomic mass is 10.00. The lowest BCUT2D eigenvalue weighted by Gasteiger charge is -2.16. The normalized spacial score (nSPS) is 13.4. The van der Waals surface area contributed by atoms with Gasteiger partial charge in [-0.25, -0.2) is 0 Å². The molecule has 1 heterocycles. The van der Waals surface area contributed by atoms with E-state index in [1.165, 1.54) is 12.1 Å². The van der Waals surface area contributed by atoms with Gasteiger partial charge in [0, 0.05) is 0 Å². The van der Waals surface area contributed by atoms with Crippen molar-refractivity contribution in [1.82, 2.24) is 5.43 Å². The predicted octanol–water partition coefficient (Wildman–Crippen LogP) is 4.12. The molecular formula is C13H12F3IN2S. The van der Waals surface area contributed by atoms with Crippen LogP contribution >= 0.6 is 33.9 Å². The van der Waals surface area contributed by atoms with E-state index < -0.39 is 11.7 Å². The van der Waals surface area contributed by atoms with Crippen LogP contribution in [0.5, 0.6) is 0 Å². The maximum atomic E-state index is 12.7. The number of alkyl halides is 3. The predicted molar refractivity (Wildman–Crippen MR) is 82.2 cm³/mol. The van der Waals surface area contributed by atoms with Crippen LogP contribution in [0.25, 0.3) is 0 Å². The Bertz CT molecular complexity index is 583. The molecular weight excluding hydrogens is 400 g/mol. The molecule has 0 bridgehead atoms. The highest BCUT2D eigenvalue weighted by Gasteiger charge is 2.30. The maximum Gasteiger partial charge on any atom is 0.416 e. The van der Waals surface area contributed by atoms with E-state index in [4.69, 9.17) is 5.84 Å². The second-order valence-electron chi connectivity index (χ2n) is 4.31. The van der Waals surface area contributed by atoms with Crippen LogP contribution in [0.3, 0.4) is 0 Å². The standard InChI is InChI=1S/C13H12F3IN2S/c14-13(15,16)10-3-1-2-8(4-10)5-11(19-18)9-6-12(17)20-7-9/h1-4,6-7,11,19H,5,18H2. The monoisotopic (exact) mass is 412 g/mol. The number of nitrogens with two attached hydrogens (primary N) is 1. The van der Waals surface area contributed by atoms with E-state index in [0.29, 0.717) is 12.0 Å². The molecule has 0 saturated heterocycles. The summed E-state index contributed by atoms with van der Waals surface area (Å²) in [5, 5.41) is 1.96. The summed E-state index contributed by atoms with van der Waals surface area (Å²) in [6, 6.07) is 7.12. The van der Waals surface area contributed by atoms with E-state index >= 15 is 0 Å². The first-order valence-corrected chi connectivity index (χ1v) is 7.72. The third kappa shape index (κ3) is 3.94. The molecule has 0 fully saturated rings. The van der Waals surface area contributed by atoms with Gasteiger partial charge in [-0.3, -0.25) is 11.3 Å². The quantitative estimate of drug-likeness (QED) is 0.451. The fraction of sp³-hybridized carbons (Fsp3) is 0.231. The van der Waals surface area contributed by atoms with Crippen LogP contribution in [0.4, 0.5) is 13.2 Å². The first-order valence-electron chi connectivity index (χ1n) is 5.76. The number of hydrogen-bond acceptors (Lipinski definition) is 3. The topological polar surface area (TPSA) is 38.0 Å². The molecule has 1 unspecified atom stereocenters. The van der Waals surface area contributed by atoms with E-state index in [1.54, 1.807) is 17.4 Å². The van der Waals surface area contributed by atoms with Crippen LogP contribution in [0.2, 0.25) is 0 Å². The van der Waals surface area contributed by atoms with Crippen molar-refractivity contribution in [3.8, 4) is 0 Å². The first-order chi connectivity index (χ1) is 9.40. The third-order valence-corrected chi connectivity index (χ3v) is 4.69. The largest absolute Gasteiger partial charge is 0.416 e. The minimum absolute atomic E-state index is 0.196. The molecule has 3 N–H and O–H groups in total. The van der Waals surface area contributed by atoms with Gasteiger partial charge in [0.25, 0.3) is 0 Å². The summed E-state index contributed by atoms with van der Waals surface area (Å²) in [6.07, 6.45) is -3.91. The van der Waals surface area contributed by atoms with Crippen molar-refractivity contribution in [3.05, 3.63) is 55.3 Å². The summed E-state index contributed by atoms with van der Waals surface area (Å²) < 4.78 is 39.1. The molecule has 2 rings (SSSR count). The molecule has 2 aromatic rings. The highest BCUT2D eigenvalue weighted by atomic mass is 127. The van der Waals surface area contributed by atoms with Gasteiger partial charge < -0.3 is 0 Å². The van der Waals surface area contributed by atoms with E-state index in [1.807, 2.05) is 11.4 Å². The van der Waals surface area contributed by atoms with Crippen molar-refractivity contribution >= 4 is 33.9 Å². The van der Waals surface area contributed by atoms with Crippen molar-refractivity contribution < 1.29 is 13.2 Å². The SMILES string of the molecule is NNC(Cc1cccc(C(F)(F)F)c1)c1csc(I)c1. The van der Waals surface area contributed by atoms with Gasteiger partial charge in [0.15, 0.2) is 0 Å². The average Bonchev–Trinajstić information content (AvgIpc) is 2.82. The van der Waals surface area contributed by atoms with Gasteiger partial charge in [-0.05, 0) is 57.7 Å². The summed E-state index contributed by atoms with van der Waals surface area (Å²) in [7, 11) is 0. The van der Waals surface area contributed by atoms with Gasteiger partial charge in [-0.15, -0.1) is 11.3 Å². The van der Waals surface area contributed by atoms with Crippen molar-refractivity contribution in [2.24, 2.45) is 5.84 Å². The Morgan fingerprint density at radius 1 is 1.30 bits per heavy atom. The van der Waals surface area contributed by atoms with Crippen LogP contribution in [-0.2, 0) is 12.6 Å². The zero-order valence-electron chi connectivity index (χ0n) is 10.2. The molecule has 0 amide bonds. The Kier molecular flexibility index (Phi) is 5.05. The van der Waals surface area contributed by atoms with Crippen LogP contribution in [0.1, 0.15) is 22.7 Å². The van der Waals surface area contributed by atoms with Crippen LogP contribution in [0.15, 0.2) is 35.7 Å². The minimum Gasteiger partial charge on any atom is -0.271 e. The fourth-order valence-electron chi connectivity index (χ4n) is 1.89. The number of halogens is 4. The van der Waals surface area contributed by atoms with Crippen molar-refractivity contribution in [2.75, 3.05) is 0 Å². The Morgan fingerprint density at radius 2 is 2.05 bits per heavy atom. The molecule has 108 valence electrons. The van der Waals surface area contributed by atoms with Gasteiger partial charge >= 0.3 is 6.18 Å². The molecule has 1 atom stereocenters. The Labute approximate surface area is 132 Å². The second kappa shape index (κ2) is 6.42. The molecule has 0 aliphatic carbocycles. The average molecular weight is 412 g/mol. The lowest BCUT2D eigenvalue weighted by molar-refractivity contribution is -0.137. The molecule has 0 radical (unpaired) electrons. The summed E-state index contributed by atoms with van der Waals surface area (Å²) in [6.45, 7) is 0. The smallest absolute Gasteiger partial charge is 0.271 e. The number of rotatable bonds is 4. The van der Waals surface area contributed by atoms with Crippen LogP contribution < -0.4 is 11.3 Å². The third-order valence-electron chi connectivity index (χ3n) is 2.89. The van der Waals surface area contributed by atoms with E-state index in [2.05, 4.69) is 28.0 Å². The van der Waals surface area contributed by atoms with Gasteiger partial charge in [-0.2, -0.15) is 13.2 Å². The number of nitrogens with one attached hydrogen (secondary N) is 1. The molecule has 0 saturated carbocycles. The lowest BCUT2D eigenvalue weighted by Crippen LogP contribution is -2.29. The van der Waals surface area contributed by atoms with E-state index in [0.717, 1.165) is 14.5 Å². The van der Waals surface area contributed by atoms with Crippen molar-refractivity contribution in [3.63, 3.8) is 0 Å². The molecule has 1 aromatic heterocycles. The summed E-state index contributed by atoms with van der Waals surface area (Å²) in [5.41, 5.74) is 3.61. The number of benzene rings is 1. The number of hydrazine groups is 1. The van der Waals surface area contributed by atoms with Gasteiger partial charge in [0.05, 0.1) is 14.5 Å². The fourth-order valence-corrected chi connectivity index (χ4v) is 3.32. The molecule has 1 aromatic carbocycles. The van der Waals surface area contributed by atoms with Crippen molar-refractivity contribution in [1.29, 1.82) is 0 Å². The highest BCUT2D eigenvalue weighted by molar-refractivity contribution is 14.1. The molecule has 0 aliphatic heterocycles. The summed E-state index contributed by atoms with van der Waals surface area (Å²) in [4.78, 5) is 0. The van der Waals surface area contributed by atoms with E-state index in [9.17, 15) is 13.2 Å². The maximum absolute atomic E-state index is 12.7. The van der Waals surface area contributed by atoms with Gasteiger partial charge in [-0.1, -0.05) is 18.2 Å². The van der Waals surface area contributed by atoms with Crippen molar-refractivity contribution in [2.45, 2.75) is 18.6 Å². The Hall–Kier alpha value is -0.640. The molecule has 0 aliphatic rings. The van der Waals surface area contributed by atoms with Gasteiger partial charge in [0.2, 0.25) is 0 Å². The molecule has 2 nitrogen and oxygen atoms in total. The second-order valence-corrected chi connectivity index (χ2v) is 7.11. The van der Waals surface area contributed by atoms with Crippen LogP contribution in [-0.4, -0.2) is 0 Å². The van der Waals surface area contributed by atoms with E-state index in [-0.39, 0.29) is 6.04 Å². The number of hydrogen-bond donors (Lipinski definition) is 2. The Morgan fingerprint density at radius 3 is 2.60 bits per heavy atom. The van der Waals surface area contributed by atoms with Gasteiger partial charge in [0.1, 0.15) is 0 Å². The number of thiophene rings is 1. The zero-order chi connectivity index (χ0) is 14.8. The molecule has 7 heteroatoms.